The van der Waals surface area contributed by atoms with Crippen LogP contribution >= 0.6 is 11.3 Å². The molecule has 4 aromatic rings. The lowest BCUT2D eigenvalue weighted by molar-refractivity contribution is -0.124. The van der Waals surface area contributed by atoms with Crippen molar-refractivity contribution in [3.8, 4) is 11.5 Å². The molecule has 1 amide bonds. The number of thiophene rings is 1. The molecule has 6 rings (SSSR count). The van der Waals surface area contributed by atoms with Gasteiger partial charge in [-0.05, 0) is 67.1 Å². The summed E-state index contributed by atoms with van der Waals surface area (Å²) in [5.41, 5.74) is 26.6. The quantitative estimate of drug-likeness (QED) is 0.238. The second-order valence-corrected chi connectivity index (χ2v) is 11.4. The molecule has 0 saturated heterocycles. The molecule has 1 fully saturated rings. The van der Waals surface area contributed by atoms with Gasteiger partial charge in [0.05, 0.1) is 15.6 Å². The summed E-state index contributed by atoms with van der Waals surface area (Å²) >= 11 is 1.26. The minimum Gasteiger partial charge on any atom is -0.457 e. The van der Waals surface area contributed by atoms with Gasteiger partial charge in [0.1, 0.15) is 17.0 Å². The highest BCUT2D eigenvalue weighted by molar-refractivity contribution is 7.21. The lowest BCUT2D eigenvalue weighted by atomic mass is 9.70. The molecule has 0 radical (unpaired) electrons. The highest BCUT2D eigenvalue weighted by atomic mass is 32.1. The summed E-state index contributed by atoms with van der Waals surface area (Å²) in [5, 5.41) is 3.82. The van der Waals surface area contributed by atoms with Gasteiger partial charge in [-0.2, -0.15) is 0 Å². The number of ketones is 1. The molecule has 8 nitrogen and oxygen atoms in total. The summed E-state index contributed by atoms with van der Waals surface area (Å²) in [4.78, 5) is 27.8. The van der Waals surface area contributed by atoms with Gasteiger partial charge >= 0.3 is 0 Å². The van der Waals surface area contributed by atoms with Gasteiger partial charge in [0.2, 0.25) is 0 Å². The van der Waals surface area contributed by atoms with Crippen LogP contribution in [0.5, 0.6) is 11.5 Å². The molecule has 1 aromatic heterocycles. The number of carbonyl (C=O) groups excluding carboxylic acids is 2. The first-order chi connectivity index (χ1) is 18.8. The average molecular weight is 542 g/mol. The van der Waals surface area contributed by atoms with Crippen molar-refractivity contribution in [2.24, 2.45) is 17.2 Å². The Morgan fingerprint density at radius 1 is 0.923 bits per heavy atom. The lowest BCUT2D eigenvalue weighted by Gasteiger charge is -2.36. The Kier molecular flexibility index (Phi) is 6.39. The molecule has 2 aliphatic carbocycles. The fraction of sp³-hybridized carbons (Fsp3) is 0.267. The average Bonchev–Trinajstić information content (AvgIpc) is 3.36. The fourth-order valence-corrected chi connectivity index (χ4v) is 6.98. The molecule has 3 aromatic carbocycles. The highest BCUT2D eigenvalue weighted by Gasteiger charge is 2.48. The minimum absolute atomic E-state index is 0.0345. The highest BCUT2D eigenvalue weighted by Crippen LogP contribution is 2.49. The van der Waals surface area contributed by atoms with Crippen LogP contribution in [0.4, 0.5) is 5.69 Å². The van der Waals surface area contributed by atoms with Crippen molar-refractivity contribution in [3.05, 3.63) is 88.3 Å². The maximum Gasteiger partial charge on any atom is 0.261 e. The first-order valence-electron chi connectivity index (χ1n) is 13.1. The Balaban J connectivity index is 1.39. The lowest BCUT2D eigenvalue weighted by Crippen LogP contribution is -2.52. The molecule has 200 valence electrons. The summed E-state index contributed by atoms with van der Waals surface area (Å²) < 4.78 is 6.62. The zero-order valence-electron chi connectivity index (χ0n) is 21.4. The number of hydrogen-bond acceptors (Lipinski definition) is 8. The largest absolute Gasteiger partial charge is 0.457 e. The number of nitrogen functional groups attached to an aromatic ring is 1. The third-order valence-corrected chi connectivity index (χ3v) is 9.17. The number of carbonyl (C=O) groups is 2. The zero-order valence-corrected chi connectivity index (χ0v) is 22.2. The second-order valence-electron chi connectivity index (χ2n) is 10.4. The Labute approximate surface area is 230 Å². The van der Waals surface area contributed by atoms with Gasteiger partial charge in [0.15, 0.2) is 5.78 Å². The fourth-order valence-electron chi connectivity index (χ4n) is 5.77. The third-order valence-electron chi connectivity index (χ3n) is 7.92. The minimum atomic E-state index is -1.52. The predicted octanol–water partition coefficient (Wildman–Crippen LogP) is 4.06. The van der Waals surface area contributed by atoms with E-state index >= 15 is 0 Å². The Hall–Kier alpha value is -3.76. The van der Waals surface area contributed by atoms with Gasteiger partial charge in [-0.15, -0.1) is 11.3 Å². The number of rotatable bonds is 5. The Bertz CT molecular complexity index is 1560. The van der Waals surface area contributed by atoms with E-state index in [-0.39, 0.29) is 23.8 Å². The maximum absolute atomic E-state index is 14.0. The van der Waals surface area contributed by atoms with E-state index in [4.69, 9.17) is 27.7 Å². The van der Waals surface area contributed by atoms with E-state index < -0.39 is 11.6 Å². The van der Waals surface area contributed by atoms with Gasteiger partial charge < -0.3 is 33.0 Å². The number of anilines is 1. The van der Waals surface area contributed by atoms with Crippen molar-refractivity contribution in [2.75, 3.05) is 5.73 Å². The predicted molar refractivity (Wildman–Crippen MR) is 154 cm³/mol. The summed E-state index contributed by atoms with van der Waals surface area (Å²) in [5.74, 6) is 0.692. The standard InChI is InChI=1S/C30H31N5O3S/c31-17-8-10-18(11-9-17)35-29(37)27-24-23-21(14-15-22(32)26(23)39-27)30(34,28(36)25(24)33)16-6-12-20(13-7-16)38-19-4-2-1-3-5-19/h1-7,12-15,17-18,25H,8-11,31-34H2,(H,35,37). The molecule has 1 saturated carbocycles. The molecule has 39 heavy (non-hydrogen) atoms. The van der Waals surface area contributed by atoms with Gasteiger partial charge in [-0.25, -0.2) is 0 Å². The first-order valence-corrected chi connectivity index (χ1v) is 13.9. The molecule has 0 bridgehead atoms. The van der Waals surface area contributed by atoms with Crippen LogP contribution in [-0.4, -0.2) is 23.8 Å². The number of Topliss-reactive ketones (excluding diaryl/α,β-unsaturated/α-hetero) is 1. The third kappa shape index (κ3) is 4.28. The van der Waals surface area contributed by atoms with Crippen LogP contribution in [0.3, 0.4) is 0 Å². The maximum atomic E-state index is 14.0. The van der Waals surface area contributed by atoms with E-state index in [0.29, 0.717) is 48.8 Å². The first kappa shape index (κ1) is 25.5. The van der Waals surface area contributed by atoms with Gasteiger partial charge in [-0.3, -0.25) is 9.59 Å². The van der Waals surface area contributed by atoms with Crippen LogP contribution in [0.1, 0.15) is 58.1 Å². The van der Waals surface area contributed by atoms with E-state index in [1.165, 1.54) is 11.3 Å². The normalized spacial score (nSPS) is 24.5. The monoisotopic (exact) mass is 541 g/mol. The van der Waals surface area contributed by atoms with Crippen LogP contribution in [0.15, 0.2) is 66.7 Å². The van der Waals surface area contributed by atoms with Crippen molar-refractivity contribution in [1.29, 1.82) is 0 Å². The van der Waals surface area contributed by atoms with E-state index in [2.05, 4.69) is 5.32 Å². The summed E-state index contributed by atoms with van der Waals surface area (Å²) in [6.45, 7) is 0. The Morgan fingerprint density at radius 3 is 2.28 bits per heavy atom. The molecule has 2 unspecified atom stereocenters. The van der Waals surface area contributed by atoms with Crippen molar-refractivity contribution < 1.29 is 14.3 Å². The smallest absolute Gasteiger partial charge is 0.261 e. The van der Waals surface area contributed by atoms with Crippen LogP contribution in [0, 0.1) is 0 Å². The number of nitrogens with two attached hydrogens (primary N) is 4. The molecule has 9 N–H and O–H groups in total. The van der Waals surface area contributed by atoms with Crippen LogP contribution in [-0.2, 0) is 10.3 Å². The number of hydrogen-bond donors (Lipinski definition) is 5. The molecular weight excluding hydrogens is 510 g/mol. The molecule has 1 heterocycles. The van der Waals surface area contributed by atoms with Gasteiger partial charge in [0.25, 0.3) is 5.91 Å². The SMILES string of the molecule is Nc1ccc2c3c(c(C(=O)NC4CCC(N)CC4)sc13)C(N)C(=O)C2(N)c1ccc(Oc2ccccc2)cc1. The van der Waals surface area contributed by atoms with Crippen LogP contribution in [0.25, 0.3) is 10.1 Å². The number of ether oxygens (including phenoxy) is 1. The zero-order chi connectivity index (χ0) is 27.3. The molecule has 0 aliphatic heterocycles. The number of nitrogens with one attached hydrogen (secondary N) is 1. The number of amides is 1. The van der Waals surface area contributed by atoms with Gasteiger partial charge in [-0.1, -0.05) is 36.4 Å². The van der Waals surface area contributed by atoms with E-state index in [9.17, 15) is 9.59 Å². The molecule has 9 heteroatoms. The van der Waals surface area contributed by atoms with Gasteiger partial charge in [0, 0.05) is 28.7 Å². The summed E-state index contributed by atoms with van der Waals surface area (Å²) in [6.07, 6.45) is 3.37. The Morgan fingerprint density at radius 2 is 1.59 bits per heavy atom. The van der Waals surface area contributed by atoms with Crippen molar-refractivity contribution in [1.82, 2.24) is 5.32 Å². The van der Waals surface area contributed by atoms with E-state index in [0.717, 1.165) is 25.7 Å². The summed E-state index contributed by atoms with van der Waals surface area (Å²) in [6, 6.07) is 19.2. The van der Waals surface area contributed by atoms with Crippen LogP contribution < -0.4 is 33.0 Å². The van der Waals surface area contributed by atoms with Crippen molar-refractivity contribution in [3.63, 3.8) is 0 Å². The molecular formula is C30H31N5O3S. The molecule has 2 aliphatic rings. The van der Waals surface area contributed by atoms with Crippen molar-refractivity contribution >= 4 is 38.8 Å². The summed E-state index contributed by atoms with van der Waals surface area (Å²) in [7, 11) is 0. The van der Waals surface area contributed by atoms with Crippen molar-refractivity contribution in [2.45, 2.75) is 49.3 Å². The molecule has 0 spiro atoms. The van der Waals surface area contributed by atoms with E-state index in [1.54, 1.807) is 36.4 Å². The topological polar surface area (TPSA) is 159 Å². The second kappa shape index (κ2) is 9.77. The molecule has 2 atom stereocenters. The van der Waals surface area contributed by atoms with E-state index in [1.807, 2.05) is 30.3 Å². The number of benzene rings is 3. The number of para-hydroxylation sites is 1. The van der Waals surface area contributed by atoms with Crippen LogP contribution in [0.2, 0.25) is 0 Å².